The number of carbonyl (C=O) groups is 2. The fraction of sp³-hybridized carbons (Fsp3) is 0.769. The number of nitrogens with zero attached hydrogens (tertiary/aromatic N) is 3. The first-order valence-electron chi connectivity index (χ1n) is 13.3. The minimum absolute atomic E-state index is 0.0546. The molecule has 0 aliphatic carbocycles. The summed E-state index contributed by atoms with van der Waals surface area (Å²) >= 11 is 1.66. The number of hydrogen-bond acceptors (Lipinski definition) is 8. The summed E-state index contributed by atoms with van der Waals surface area (Å²) in [6.45, 7) is 16.7. The molecule has 1 unspecified atom stereocenters. The van der Waals surface area contributed by atoms with Gasteiger partial charge in [0.25, 0.3) is 0 Å². The van der Waals surface area contributed by atoms with Gasteiger partial charge in [0, 0.05) is 36.7 Å². The first kappa shape index (κ1) is 29.7. The van der Waals surface area contributed by atoms with Gasteiger partial charge in [0.2, 0.25) is 5.91 Å². The number of likely N-dealkylation sites (tertiary alicyclic amines) is 1. The largest absolute Gasteiger partial charge is 0.498 e. The van der Waals surface area contributed by atoms with Crippen LogP contribution < -0.4 is 10.8 Å². The highest BCUT2D eigenvalue weighted by molar-refractivity contribution is 7.99. The molecule has 1 atom stereocenters. The third-order valence-corrected chi connectivity index (χ3v) is 8.15. The van der Waals surface area contributed by atoms with Crippen molar-refractivity contribution in [1.29, 1.82) is 0 Å². The van der Waals surface area contributed by atoms with E-state index in [1.165, 1.54) is 0 Å². The van der Waals surface area contributed by atoms with Crippen LogP contribution in [0.5, 0.6) is 0 Å². The molecular weight excluding hydrogens is 491 g/mol. The highest BCUT2D eigenvalue weighted by Gasteiger charge is 2.52. The second-order valence-electron chi connectivity index (χ2n) is 12.0. The molecule has 2 aliphatic heterocycles. The van der Waals surface area contributed by atoms with E-state index in [4.69, 9.17) is 14.0 Å². The van der Waals surface area contributed by atoms with Gasteiger partial charge in [-0.3, -0.25) is 4.79 Å². The minimum Gasteiger partial charge on any atom is -0.444 e. The lowest BCUT2D eigenvalue weighted by Crippen LogP contribution is -2.50. The number of carbonyl (C=O) groups excluding carboxylic acids is 2. The van der Waals surface area contributed by atoms with E-state index in [2.05, 4.69) is 15.3 Å². The van der Waals surface area contributed by atoms with Crippen molar-refractivity contribution in [1.82, 2.24) is 20.2 Å². The monoisotopic (exact) mass is 534 g/mol. The Balaban J connectivity index is 1.33. The Bertz CT molecular complexity index is 914. The highest BCUT2D eigenvalue weighted by atomic mass is 32.2. The molecule has 0 aromatic carbocycles. The molecule has 2 amide bonds. The van der Waals surface area contributed by atoms with E-state index in [1.54, 1.807) is 51.9 Å². The molecular formula is C26H43BN4O5S. The lowest BCUT2D eigenvalue weighted by Gasteiger charge is -2.34. The molecule has 1 aromatic heterocycles. The number of piperidine rings is 1. The first-order chi connectivity index (χ1) is 17.2. The maximum atomic E-state index is 12.7. The standard InChI is InChI=1S/C26H43BN4O5S/c1-18(30-23(33)34-24(2,3)4)21(32)31-13-11-19(12-14-31)10-9-15-37-22-28-16-20(17-29-22)27-35-25(5,6)26(7,8)36-27/h16-19H,9-15H2,1-8H3,(H,30,33). The topological polar surface area (TPSA) is 103 Å². The summed E-state index contributed by atoms with van der Waals surface area (Å²) in [4.78, 5) is 35.5. The van der Waals surface area contributed by atoms with E-state index in [0.717, 1.165) is 55.1 Å². The molecule has 3 rings (SSSR count). The van der Waals surface area contributed by atoms with Gasteiger partial charge in [-0.15, -0.1) is 0 Å². The van der Waals surface area contributed by atoms with Crippen molar-refractivity contribution in [3.8, 4) is 0 Å². The van der Waals surface area contributed by atoms with Gasteiger partial charge in [0.05, 0.1) is 11.2 Å². The third-order valence-electron chi connectivity index (χ3n) is 7.19. The fourth-order valence-electron chi connectivity index (χ4n) is 4.30. The summed E-state index contributed by atoms with van der Waals surface area (Å²) < 4.78 is 17.4. The van der Waals surface area contributed by atoms with Crippen LogP contribution in [0.25, 0.3) is 0 Å². The maximum Gasteiger partial charge on any atom is 0.498 e. The van der Waals surface area contributed by atoms with Crippen LogP contribution in [0.4, 0.5) is 4.79 Å². The molecule has 0 bridgehead atoms. The van der Waals surface area contributed by atoms with E-state index in [1.807, 2.05) is 32.6 Å². The molecule has 9 nitrogen and oxygen atoms in total. The average molecular weight is 535 g/mol. The molecule has 2 aliphatic rings. The number of alkyl carbamates (subject to hydrolysis) is 1. The van der Waals surface area contributed by atoms with Crippen LogP contribution in [0.2, 0.25) is 0 Å². The van der Waals surface area contributed by atoms with Crippen molar-refractivity contribution in [2.24, 2.45) is 5.92 Å². The van der Waals surface area contributed by atoms with E-state index in [0.29, 0.717) is 5.92 Å². The molecule has 1 N–H and O–H groups in total. The molecule has 206 valence electrons. The number of hydrogen-bond donors (Lipinski definition) is 1. The molecule has 1 aromatic rings. The summed E-state index contributed by atoms with van der Waals surface area (Å²) in [6.07, 6.45) is 7.18. The summed E-state index contributed by atoms with van der Waals surface area (Å²) in [5.41, 5.74) is -0.527. The Hall–Kier alpha value is -1.85. The third kappa shape index (κ3) is 8.32. The van der Waals surface area contributed by atoms with Crippen molar-refractivity contribution in [2.45, 2.75) is 109 Å². The summed E-state index contributed by atoms with van der Waals surface area (Å²) in [5, 5.41) is 3.40. The molecule has 3 heterocycles. The molecule has 11 heteroatoms. The molecule has 2 saturated heterocycles. The van der Waals surface area contributed by atoms with Gasteiger partial charge in [-0.2, -0.15) is 0 Å². The molecule has 37 heavy (non-hydrogen) atoms. The second kappa shape index (κ2) is 11.9. The zero-order valence-electron chi connectivity index (χ0n) is 23.6. The van der Waals surface area contributed by atoms with Crippen LogP contribution >= 0.6 is 11.8 Å². The van der Waals surface area contributed by atoms with Crippen molar-refractivity contribution in [3.63, 3.8) is 0 Å². The number of amides is 2. The number of thioether (sulfide) groups is 1. The number of rotatable bonds is 8. The van der Waals surface area contributed by atoms with E-state index in [9.17, 15) is 9.59 Å². The SMILES string of the molecule is CC(NC(=O)OC(C)(C)C)C(=O)N1CCC(CCCSc2ncc(B3OC(C)(C)C(C)(C)O3)cn2)CC1. The van der Waals surface area contributed by atoms with Crippen LogP contribution in [0.1, 0.15) is 81.1 Å². The fourth-order valence-corrected chi connectivity index (χ4v) is 5.05. The summed E-state index contributed by atoms with van der Waals surface area (Å²) in [6, 6.07) is -0.598. The second-order valence-corrected chi connectivity index (χ2v) is 13.1. The minimum atomic E-state index is -0.598. The van der Waals surface area contributed by atoms with Gasteiger partial charge in [0.15, 0.2) is 5.16 Å². The van der Waals surface area contributed by atoms with Crippen LogP contribution in [0.15, 0.2) is 17.6 Å². The quantitative estimate of drug-likeness (QED) is 0.233. The molecule has 0 saturated carbocycles. The normalized spacial score (nSPS) is 20.5. The maximum absolute atomic E-state index is 12.7. The van der Waals surface area contributed by atoms with Gasteiger partial charge in [0.1, 0.15) is 11.6 Å². The van der Waals surface area contributed by atoms with Crippen molar-refractivity contribution < 1.29 is 23.6 Å². The zero-order chi connectivity index (χ0) is 27.4. The van der Waals surface area contributed by atoms with Crippen LogP contribution in [-0.2, 0) is 18.8 Å². The Morgan fingerprint density at radius 3 is 2.27 bits per heavy atom. The first-order valence-corrected chi connectivity index (χ1v) is 14.2. The Morgan fingerprint density at radius 1 is 1.16 bits per heavy atom. The molecule has 2 fully saturated rings. The predicted molar refractivity (Wildman–Crippen MR) is 146 cm³/mol. The molecule has 0 radical (unpaired) electrons. The smallest absolute Gasteiger partial charge is 0.444 e. The lowest BCUT2D eigenvalue weighted by molar-refractivity contribution is -0.134. The number of ether oxygens (including phenoxy) is 1. The van der Waals surface area contributed by atoms with E-state index >= 15 is 0 Å². The van der Waals surface area contributed by atoms with Crippen molar-refractivity contribution in [2.75, 3.05) is 18.8 Å². The van der Waals surface area contributed by atoms with Crippen LogP contribution in [0, 0.1) is 5.92 Å². The van der Waals surface area contributed by atoms with Gasteiger partial charge >= 0.3 is 13.2 Å². The predicted octanol–water partition coefficient (Wildman–Crippen LogP) is 3.80. The van der Waals surface area contributed by atoms with E-state index < -0.39 is 24.9 Å². The number of aromatic nitrogens is 2. The van der Waals surface area contributed by atoms with E-state index in [-0.39, 0.29) is 17.1 Å². The Morgan fingerprint density at radius 2 is 1.73 bits per heavy atom. The Labute approximate surface area is 226 Å². The summed E-state index contributed by atoms with van der Waals surface area (Å²) in [5.74, 6) is 1.50. The van der Waals surface area contributed by atoms with Crippen molar-refractivity contribution >= 4 is 36.3 Å². The van der Waals surface area contributed by atoms with Gasteiger partial charge in [-0.05, 0) is 87.0 Å². The molecule has 0 spiro atoms. The lowest BCUT2D eigenvalue weighted by atomic mass is 9.81. The highest BCUT2D eigenvalue weighted by Crippen LogP contribution is 2.36. The average Bonchev–Trinajstić information content (AvgIpc) is 3.02. The van der Waals surface area contributed by atoms with Gasteiger partial charge in [-0.1, -0.05) is 11.8 Å². The van der Waals surface area contributed by atoms with Gasteiger partial charge in [-0.25, -0.2) is 14.8 Å². The number of nitrogens with one attached hydrogen (secondary N) is 1. The van der Waals surface area contributed by atoms with Gasteiger partial charge < -0.3 is 24.3 Å². The van der Waals surface area contributed by atoms with Crippen LogP contribution in [0.3, 0.4) is 0 Å². The van der Waals surface area contributed by atoms with Crippen LogP contribution in [-0.4, -0.2) is 75.7 Å². The van der Waals surface area contributed by atoms with Crippen molar-refractivity contribution in [3.05, 3.63) is 12.4 Å². The summed E-state index contributed by atoms with van der Waals surface area (Å²) in [7, 11) is -0.446. The zero-order valence-corrected chi connectivity index (χ0v) is 24.4. The Kier molecular flexibility index (Phi) is 9.56.